The zero-order chi connectivity index (χ0) is 24.0. The summed E-state index contributed by atoms with van der Waals surface area (Å²) >= 11 is 6.37. The van der Waals surface area contributed by atoms with Gasteiger partial charge in [-0.3, -0.25) is 0 Å². The van der Waals surface area contributed by atoms with E-state index >= 15 is 0 Å². The van der Waals surface area contributed by atoms with Gasteiger partial charge in [-0.1, -0.05) is 54.1 Å². The number of aliphatic hydroxyl groups is 1. The molecule has 0 spiro atoms. The van der Waals surface area contributed by atoms with Crippen LogP contribution in [0.15, 0.2) is 72.8 Å². The number of benzene rings is 3. The molecule has 3 aromatic carbocycles. The fourth-order valence-electron chi connectivity index (χ4n) is 3.45. The van der Waals surface area contributed by atoms with Crippen LogP contribution in [0.5, 0.6) is 0 Å². The van der Waals surface area contributed by atoms with Crippen LogP contribution in [0.4, 0.5) is 17.6 Å². The molecule has 0 aliphatic rings. The zero-order valence-electron chi connectivity index (χ0n) is 17.7. The molecule has 0 aliphatic heterocycles. The number of halogens is 5. The standard InChI is InChI=1S/C25H19ClF4N2O/c1-24(2,33)23-14-22(32(31-23)21-6-4-3-5-19(21)26)16-9-7-15(8-10-16)17-11-12-20(27)18(13-17)25(28,29)30/h3-14,33H,1-2H3. The molecule has 0 saturated carbocycles. The SMILES string of the molecule is CC(C)(O)c1cc(-c2ccc(-c3ccc(F)c(C(F)(F)F)c3)cc2)n(-c2ccccc2Cl)n1. The Balaban J connectivity index is 1.79. The summed E-state index contributed by atoms with van der Waals surface area (Å²) in [6, 6.07) is 18.5. The highest BCUT2D eigenvalue weighted by Gasteiger charge is 2.34. The first kappa shape index (κ1) is 23.0. The lowest BCUT2D eigenvalue weighted by Crippen LogP contribution is -2.16. The highest BCUT2D eigenvalue weighted by Crippen LogP contribution is 2.36. The van der Waals surface area contributed by atoms with Crippen molar-refractivity contribution in [3.05, 3.63) is 94.9 Å². The summed E-state index contributed by atoms with van der Waals surface area (Å²) in [4.78, 5) is 0. The Labute approximate surface area is 192 Å². The smallest absolute Gasteiger partial charge is 0.384 e. The lowest BCUT2D eigenvalue weighted by atomic mass is 9.99. The fraction of sp³-hybridized carbons (Fsp3) is 0.160. The molecular weight excluding hydrogens is 456 g/mol. The van der Waals surface area contributed by atoms with Gasteiger partial charge in [-0.15, -0.1) is 0 Å². The van der Waals surface area contributed by atoms with Gasteiger partial charge in [0.05, 0.1) is 27.7 Å². The van der Waals surface area contributed by atoms with E-state index < -0.39 is 23.2 Å². The maximum absolute atomic E-state index is 13.6. The summed E-state index contributed by atoms with van der Waals surface area (Å²) in [6.45, 7) is 3.23. The first-order chi connectivity index (χ1) is 15.4. The van der Waals surface area contributed by atoms with Gasteiger partial charge in [0.2, 0.25) is 0 Å². The molecule has 0 aliphatic carbocycles. The topological polar surface area (TPSA) is 38.0 Å². The molecular formula is C25H19ClF4N2O. The average Bonchev–Trinajstić information content (AvgIpc) is 3.19. The molecule has 8 heteroatoms. The van der Waals surface area contributed by atoms with E-state index in [0.29, 0.717) is 33.2 Å². The molecule has 4 aromatic rings. The summed E-state index contributed by atoms with van der Waals surface area (Å²) < 4.78 is 54.5. The van der Waals surface area contributed by atoms with Crippen LogP contribution in [-0.4, -0.2) is 14.9 Å². The first-order valence-corrected chi connectivity index (χ1v) is 10.4. The largest absolute Gasteiger partial charge is 0.419 e. The van der Waals surface area contributed by atoms with Crippen LogP contribution in [0.2, 0.25) is 5.02 Å². The molecule has 0 unspecified atom stereocenters. The summed E-state index contributed by atoms with van der Waals surface area (Å²) in [7, 11) is 0. The van der Waals surface area contributed by atoms with Crippen molar-refractivity contribution in [2.24, 2.45) is 0 Å². The number of aromatic nitrogens is 2. The monoisotopic (exact) mass is 474 g/mol. The molecule has 3 nitrogen and oxygen atoms in total. The van der Waals surface area contributed by atoms with Gasteiger partial charge in [0, 0.05) is 5.56 Å². The minimum absolute atomic E-state index is 0.243. The Morgan fingerprint density at radius 2 is 1.45 bits per heavy atom. The van der Waals surface area contributed by atoms with Gasteiger partial charge in [0.15, 0.2) is 0 Å². The zero-order valence-corrected chi connectivity index (χ0v) is 18.4. The highest BCUT2D eigenvalue weighted by atomic mass is 35.5. The van der Waals surface area contributed by atoms with Crippen LogP contribution >= 0.6 is 11.6 Å². The van der Waals surface area contributed by atoms with E-state index in [9.17, 15) is 22.7 Å². The average molecular weight is 475 g/mol. The van der Waals surface area contributed by atoms with Crippen LogP contribution in [0, 0.1) is 5.82 Å². The highest BCUT2D eigenvalue weighted by molar-refractivity contribution is 6.32. The van der Waals surface area contributed by atoms with Crippen molar-refractivity contribution in [1.82, 2.24) is 9.78 Å². The van der Waals surface area contributed by atoms with Gasteiger partial charge < -0.3 is 5.11 Å². The van der Waals surface area contributed by atoms with E-state index in [-0.39, 0.29) is 5.56 Å². The van der Waals surface area contributed by atoms with E-state index in [2.05, 4.69) is 5.10 Å². The minimum atomic E-state index is -4.78. The van der Waals surface area contributed by atoms with Crippen LogP contribution in [0.3, 0.4) is 0 Å². The van der Waals surface area contributed by atoms with Gasteiger partial charge in [-0.2, -0.15) is 18.3 Å². The first-order valence-electron chi connectivity index (χ1n) is 10.0. The molecule has 1 aromatic heterocycles. The predicted molar refractivity (Wildman–Crippen MR) is 120 cm³/mol. The van der Waals surface area contributed by atoms with E-state index in [1.165, 1.54) is 6.07 Å². The summed E-state index contributed by atoms with van der Waals surface area (Å²) in [5, 5.41) is 15.5. The number of nitrogens with zero attached hydrogens (tertiary/aromatic N) is 2. The lowest BCUT2D eigenvalue weighted by Gasteiger charge is -2.13. The number of para-hydroxylation sites is 1. The Morgan fingerprint density at radius 1 is 0.848 bits per heavy atom. The predicted octanol–water partition coefficient (Wildman–Crippen LogP) is 7.25. The number of hydrogen-bond donors (Lipinski definition) is 1. The van der Waals surface area contributed by atoms with E-state index in [1.54, 1.807) is 67.1 Å². The van der Waals surface area contributed by atoms with E-state index in [4.69, 9.17) is 11.6 Å². The van der Waals surface area contributed by atoms with Crippen LogP contribution in [0.1, 0.15) is 25.1 Å². The normalized spacial score (nSPS) is 12.2. The molecule has 170 valence electrons. The maximum Gasteiger partial charge on any atom is 0.419 e. The number of rotatable bonds is 4. The van der Waals surface area contributed by atoms with Crippen molar-refractivity contribution in [3.8, 4) is 28.1 Å². The van der Waals surface area contributed by atoms with Crippen molar-refractivity contribution in [2.75, 3.05) is 0 Å². The van der Waals surface area contributed by atoms with Crippen LogP contribution in [0.25, 0.3) is 28.1 Å². The molecule has 0 atom stereocenters. The van der Waals surface area contributed by atoms with Crippen molar-refractivity contribution in [2.45, 2.75) is 25.6 Å². The van der Waals surface area contributed by atoms with Gasteiger partial charge in [0.1, 0.15) is 11.4 Å². The van der Waals surface area contributed by atoms with Crippen molar-refractivity contribution < 1.29 is 22.7 Å². The third-order valence-corrected chi connectivity index (χ3v) is 5.52. The molecule has 0 bridgehead atoms. The van der Waals surface area contributed by atoms with Crippen LogP contribution < -0.4 is 0 Å². The van der Waals surface area contributed by atoms with Gasteiger partial charge >= 0.3 is 6.18 Å². The van der Waals surface area contributed by atoms with Gasteiger partial charge in [-0.05, 0) is 55.3 Å². The van der Waals surface area contributed by atoms with Crippen LogP contribution in [-0.2, 0) is 11.8 Å². The third kappa shape index (κ3) is 4.65. The van der Waals surface area contributed by atoms with Gasteiger partial charge in [0.25, 0.3) is 0 Å². The van der Waals surface area contributed by atoms with Crippen molar-refractivity contribution in [1.29, 1.82) is 0 Å². The second-order valence-electron chi connectivity index (χ2n) is 8.11. The second kappa shape index (κ2) is 8.32. The second-order valence-corrected chi connectivity index (χ2v) is 8.51. The maximum atomic E-state index is 13.6. The summed E-state index contributed by atoms with van der Waals surface area (Å²) in [5.74, 6) is -1.31. The molecule has 4 rings (SSSR count). The quantitative estimate of drug-likeness (QED) is 0.316. The minimum Gasteiger partial charge on any atom is -0.384 e. The Kier molecular flexibility index (Phi) is 5.80. The van der Waals surface area contributed by atoms with Gasteiger partial charge in [-0.25, -0.2) is 9.07 Å². The van der Waals surface area contributed by atoms with Crippen molar-refractivity contribution in [3.63, 3.8) is 0 Å². The molecule has 1 heterocycles. The molecule has 0 saturated heterocycles. The molecule has 33 heavy (non-hydrogen) atoms. The fourth-order valence-corrected chi connectivity index (χ4v) is 3.66. The summed E-state index contributed by atoms with van der Waals surface area (Å²) in [5.41, 5.74) is 0.612. The number of hydrogen-bond acceptors (Lipinski definition) is 2. The Morgan fingerprint density at radius 3 is 2.06 bits per heavy atom. The van der Waals surface area contributed by atoms with E-state index in [0.717, 1.165) is 12.1 Å². The molecule has 0 radical (unpaired) electrons. The lowest BCUT2D eigenvalue weighted by molar-refractivity contribution is -0.139. The third-order valence-electron chi connectivity index (χ3n) is 5.20. The van der Waals surface area contributed by atoms with E-state index in [1.807, 2.05) is 6.07 Å². The molecule has 1 N–H and O–H groups in total. The number of alkyl halides is 3. The van der Waals surface area contributed by atoms with Crippen molar-refractivity contribution >= 4 is 11.6 Å². The molecule has 0 fully saturated rings. The Bertz CT molecular complexity index is 1310. The molecule has 0 amide bonds. The Hall–Kier alpha value is -3.16. The summed E-state index contributed by atoms with van der Waals surface area (Å²) in [6.07, 6.45) is -4.78.